The van der Waals surface area contributed by atoms with Gasteiger partial charge >= 0.3 is 0 Å². The molecule has 0 spiro atoms. The number of anilines is 1. The van der Waals surface area contributed by atoms with Gasteiger partial charge < -0.3 is 10.6 Å². The normalized spacial score (nSPS) is 11.8. The molecular formula is C18H19F2N2O2+. The zero-order valence-electron chi connectivity index (χ0n) is 13.5. The number of hydrogen-bond acceptors (Lipinski definition) is 2. The molecular weight excluding hydrogens is 314 g/mol. The molecule has 3 N–H and O–H groups in total. The highest BCUT2D eigenvalue weighted by Gasteiger charge is 2.16. The predicted octanol–water partition coefficient (Wildman–Crippen LogP) is 2.43. The van der Waals surface area contributed by atoms with Crippen LogP contribution in [-0.2, 0) is 4.79 Å². The molecule has 2 rings (SSSR count). The van der Waals surface area contributed by atoms with Gasteiger partial charge in [-0.2, -0.15) is 0 Å². The Morgan fingerprint density at radius 2 is 1.79 bits per heavy atom. The predicted molar refractivity (Wildman–Crippen MR) is 86.6 cm³/mol. The summed E-state index contributed by atoms with van der Waals surface area (Å²) in [6, 6.07) is 9.66. The van der Waals surface area contributed by atoms with Gasteiger partial charge in [-0.15, -0.1) is 0 Å². The Labute approximate surface area is 138 Å². The lowest BCUT2D eigenvalue weighted by Crippen LogP contribution is -2.86. The van der Waals surface area contributed by atoms with Gasteiger partial charge in [0.05, 0.1) is 0 Å². The minimum atomic E-state index is -0.629. The molecule has 0 heterocycles. The minimum absolute atomic E-state index is 0.0450. The van der Waals surface area contributed by atoms with Crippen molar-refractivity contribution >= 4 is 17.4 Å². The fourth-order valence-corrected chi connectivity index (χ4v) is 2.28. The molecule has 4 nitrogen and oxygen atoms in total. The van der Waals surface area contributed by atoms with Crippen LogP contribution in [0.5, 0.6) is 0 Å². The lowest BCUT2D eigenvalue weighted by Gasteiger charge is -2.12. The van der Waals surface area contributed by atoms with Crippen LogP contribution >= 0.6 is 0 Å². The highest BCUT2D eigenvalue weighted by atomic mass is 19.1. The van der Waals surface area contributed by atoms with Crippen LogP contribution in [0.1, 0.15) is 35.8 Å². The second-order valence-electron chi connectivity index (χ2n) is 5.58. The third-order valence-corrected chi connectivity index (χ3v) is 3.69. The van der Waals surface area contributed by atoms with Crippen molar-refractivity contribution in [1.82, 2.24) is 0 Å². The molecule has 0 bridgehead atoms. The van der Waals surface area contributed by atoms with Gasteiger partial charge in [-0.1, -0.05) is 0 Å². The Bertz CT molecular complexity index is 745. The molecule has 0 unspecified atom stereocenters. The summed E-state index contributed by atoms with van der Waals surface area (Å²) in [4.78, 5) is 23.1. The van der Waals surface area contributed by atoms with Crippen molar-refractivity contribution in [2.24, 2.45) is 0 Å². The molecule has 0 aliphatic carbocycles. The highest BCUT2D eigenvalue weighted by Crippen LogP contribution is 2.14. The standard InChI is InChI=1S/C18H18F2N2O2/c1-11(16-8-5-14(19)9-17(16)20)21-10-18(24)22-15-6-3-13(4-7-15)12(2)23/h3-9,11,21H,10H2,1-2H3,(H,22,24)/p+1/t11-/m1/s1. The van der Waals surface area contributed by atoms with Gasteiger partial charge in [0, 0.05) is 22.9 Å². The first-order valence-electron chi connectivity index (χ1n) is 7.56. The number of hydrogen-bond donors (Lipinski definition) is 2. The van der Waals surface area contributed by atoms with Crippen molar-refractivity contribution in [1.29, 1.82) is 0 Å². The summed E-state index contributed by atoms with van der Waals surface area (Å²) in [5, 5.41) is 4.37. The number of rotatable bonds is 6. The molecule has 6 heteroatoms. The Hall–Kier alpha value is -2.60. The van der Waals surface area contributed by atoms with Crippen LogP contribution in [0, 0.1) is 11.6 Å². The fourth-order valence-electron chi connectivity index (χ4n) is 2.28. The molecule has 0 aliphatic rings. The van der Waals surface area contributed by atoms with E-state index < -0.39 is 11.6 Å². The zero-order chi connectivity index (χ0) is 17.7. The van der Waals surface area contributed by atoms with E-state index in [0.29, 0.717) is 16.8 Å². The summed E-state index contributed by atoms with van der Waals surface area (Å²) in [5.74, 6) is -1.55. The van der Waals surface area contributed by atoms with Gasteiger partial charge in [0.2, 0.25) is 0 Å². The van der Waals surface area contributed by atoms with E-state index in [9.17, 15) is 18.4 Å². The number of halogens is 2. The SMILES string of the molecule is CC(=O)c1ccc(NC(=O)C[NH2+][C@H](C)c2ccc(F)cc2F)cc1. The number of nitrogens with one attached hydrogen (secondary N) is 1. The molecule has 1 amide bonds. The minimum Gasteiger partial charge on any atom is -0.332 e. The first-order valence-corrected chi connectivity index (χ1v) is 7.56. The molecule has 2 aromatic rings. The maximum Gasteiger partial charge on any atom is 0.279 e. The van der Waals surface area contributed by atoms with Gasteiger partial charge in [0.15, 0.2) is 12.3 Å². The molecule has 0 radical (unpaired) electrons. The zero-order valence-corrected chi connectivity index (χ0v) is 13.5. The number of nitrogens with two attached hydrogens (primary N) is 1. The van der Waals surface area contributed by atoms with Gasteiger partial charge in [-0.05, 0) is 50.2 Å². The summed E-state index contributed by atoms with van der Waals surface area (Å²) < 4.78 is 26.6. The molecule has 2 aromatic carbocycles. The summed E-state index contributed by atoms with van der Waals surface area (Å²) >= 11 is 0. The lowest BCUT2D eigenvalue weighted by molar-refractivity contribution is -0.682. The van der Waals surface area contributed by atoms with Crippen molar-refractivity contribution in [3.05, 3.63) is 65.2 Å². The number of amides is 1. The fraction of sp³-hybridized carbons (Fsp3) is 0.222. The topological polar surface area (TPSA) is 62.8 Å². The van der Waals surface area contributed by atoms with E-state index in [-0.39, 0.29) is 24.3 Å². The van der Waals surface area contributed by atoms with E-state index >= 15 is 0 Å². The quantitative estimate of drug-likeness (QED) is 0.798. The van der Waals surface area contributed by atoms with Crippen LogP contribution in [-0.4, -0.2) is 18.2 Å². The third-order valence-electron chi connectivity index (χ3n) is 3.69. The van der Waals surface area contributed by atoms with Crippen molar-refractivity contribution in [3.63, 3.8) is 0 Å². The number of Topliss-reactive ketones (excluding diaryl/α,β-unsaturated/α-hetero) is 1. The largest absolute Gasteiger partial charge is 0.332 e. The van der Waals surface area contributed by atoms with Crippen LogP contribution in [0.2, 0.25) is 0 Å². The first kappa shape index (κ1) is 17.7. The second kappa shape index (κ2) is 7.79. The Morgan fingerprint density at radius 1 is 1.12 bits per heavy atom. The van der Waals surface area contributed by atoms with Crippen LogP contribution in [0.25, 0.3) is 0 Å². The van der Waals surface area contributed by atoms with E-state index in [4.69, 9.17) is 0 Å². The Balaban J connectivity index is 1.89. The molecule has 0 aromatic heterocycles. The maximum atomic E-state index is 13.7. The van der Waals surface area contributed by atoms with Gasteiger partial charge in [0.25, 0.3) is 5.91 Å². The summed E-state index contributed by atoms with van der Waals surface area (Å²) in [6.07, 6.45) is 0. The molecule has 1 atom stereocenters. The second-order valence-corrected chi connectivity index (χ2v) is 5.58. The molecule has 0 saturated carbocycles. The van der Waals surface area contributed by atoms with Crippen molar-refractivity contribution < 1.29 is 23.7 Å². The molecule has 0 fully saturated rings. The van der Waals surface area contributed by atoms with Crippen LogP contribution in [0.4, 0.5) is 14.5 Å². The van der Waals surface area contributed by atoms with Crippen molar-refractivity contribution in [2.45, 2.75) is 19.9 Å². The third kappa shape index (κ3) is 4.70. The molecule has 126 valence electrons. The molecule has 24 heavy (non-hydrogen) atoms. The average Bonchev–Trinajstić information content (AvgIpc) is 2.53. The summed E-state index contributed by atoms with van der Waals surface area (Å²) in [5.41, 5.74) is 1.49. The van der Waals surface area contributed by atoms with E-state index in [1.807, 2.05) is 0 Å². The van der Waals surface area contributed by atoms with Crippen LogP contribution in [0.3, 0.4) is 0 Å². The monoisotopic (exact) mass is 333 g/mol. The van der Waals surface area contributed by atoms with E-state index in [1.54, 1.807) is 36.5 Å². The van der Waals surface area contributed by atoms with Crippen LogP contribution < -0.4 is 10.6 Å². The van der Waals surface area contributed by atoms with Crippen LogP contribution in [0.15, 0.2) is 42.5 Å². The number of ketones is 1. The Morgan fingerprint density at radius 3 is 2.38 bits per heavy atom. The summed E-state index contributed by atoms with van der Waals surface area (Å²) in [6.45, 7) is 3.30. The van der Waals surface area contributed by atoms with Gasteiger partial charge in [-0.3, -0.25) is 9.59 Å². The first-order chi connectivity index (χ1) is 11.4. The van der Waals surface area contributed by atoms with E-state index in [1.165, 1.54) is 19.1 Å². The van der Waals surface area contributed by atoms with Gasteiger partial charge in [0.1, 0.15) is 17.7 Å². The Kier molecular flexibility index (Phi) is 5.76. The maximum absolute atomic E-state index is 13.7. The van der Waals surface area contributed by atoms with Gasteiger partial charge in [-0.25, -0.2) is 8.78 Å². The van der Waals surface area contributed by atoms with E-state index in [0.717, 1.165) is 6.07 Å². The molecule has 0 aliphatic heterocycles. The number of carbonyl (C=O) groups is 2. The number of quaternary nitrogens is 1. The number of benzene rings is 2. The van der Waals surface area contributed by atoms with E-state index in [2.05, 4.69) is 5.32 Å². The smallest absolute Gasteiger partial charge is 0.279 e. The van der Waals surface area contributed by atoms with Crippen molar-refractivity contribution in [2.75, 3.05) is 11.9 Å². The lowest BCUT2D eigenvalue weighted by atomic mass is 10.1. The highest BCUT2D eigenvalue weighted by molar-refractivity contribution is 5.95. The average molecular weight is 333 g/mol. The molecule has 0 saturated heterocycles. The summed E-state index contributed by atoms with van der Waals surface area (Å²) in [7, 11) is 0. The number of carbonyl (C=O) groups excluding carboxylic acids is 2. The van der Waals surface area contributed by atoms with Crippen molar-refractivity contribution in [3.8, 4) is 0 Å².